The molecule has 3 N–H and O–H groups in total. The van der Waals surface area contributed by atoms with E-state index in [0.717, 1.165) is 12.0 Å². The number of esters is 1. The van der Waals surface area contributed by atoms with Gasteiger partial charge in [-0.2, -0.15) is 0 Å². The monoisotopic (exact) mass is 653 g/mol. The number of aliphatic carboxylic acids is 1. The average Bonchev–Trinajstić information content (AvgIpc) is 3.50. The van der Waals surface area contributed by atoms with Crippen LogP contribution in [0.5, 0.6) is 0 Å². The molecule has 1 aromatic rings. The van der Waals surface area contributed by atoms with Crippen molar-refractivity contribution in [2.75, 3.05) is 7.11 Å². The third-order valence-corrected chi connectivity index (χ3v) is 9.61. The fourth-order valence-electron chi connectivity index (χ4n) is 5.12. The molecule has 234 valence electrons. The SMILES string of the molecule is CO[C@H]1C[C@H](C)CCc2nc(co2)/C(C)=C/[C@H](O)[C@@H](C)/C=C/C(=O)O[C@@H]2[C@@H]1O[C@](C)(C/C=C\C[C@](C)(O)C(=O)O)[C@H]2Br. The van der Waals surface area contributed by atoms with E-state index in [4.69, 9.17) is 18.6 Å². The molecule has 11 heteroatoms. The molecule has 1 aromatic heterocycles. The van der Waals surface area contributed by atoms with Crippen LogP contribution in [0, 0.1) is 11.8 Å². The van der Waals surface area contributed by atoms with Crippen LogP contribution >= 0.6 is 15.9 Å². The maximum Gasteiger partial charge on any atom is 0.335 e. The molecule has 10 nitrogen and oxygen atoms in total. The number of methoxy groups -OCH3 is 1. The molecule has 9 atom stereocenters. The zero-order valence-corrected chi connectivity index (χ0v) is 26.7. The highest BCUT2D eigenvalue weighted by Gasteiger charge is 2.55. The predicted octanol–water partition coefficient (Wildman–Crippen LogP) is 4.62. The Hall–Kier alpha value is -2.31. The van der Waals surface area contributed by atoms with E-state index in [1.54, 1.807) is 44.6 Å². The van der Waals surface area contributed by atoms with Crippen LogP contribution in [0.15, 0.2) is 41.1 Å². The summed E-state index contributed by atoms with van der Waals surface area (Å²) in [5, 5.41) is 29.9. The highest BCUT2D eigenvalue weighted by molar-refractivity contribution is 9.09. The van der Waals surface area contributed by atoms with Crippen molar-refractivity contribution >= 4 is 33.4 Å². The highest BCUT2D eigenvalue weighted by atomic mass is 79.9. The van der Waals surface area contributed by atoms with Gasteiger partial charge >= 0.3 is 11.9 Å². The molecule has 0 aliphatic carbocycles. The van der Waals surface area contributed by atoms with Gasteiger partial charge in [0.2, 0.25) is 0 Å². The minimum Gasteiger partial charge on any atom is -0.479 e. The Morgan fingerprint density at radius 1 is 1.31 bits per heavy atom. The zero-order valence-electron chi connectivity index (χ0n) is 25.2. The van der Waals surface area contributed by atoms with E-state index in [2.05, 4.69) is 27.8 Å². The fraction of sp³-hybridized carbons (Fsp3) is 0.645. The number of carboxylic acids is 1. The lowest BCUT2D eigenvalue weighted by Gasteiger charge is -2.29. The molecule has 3 rings (SSSR count). The molecule has 2 bridgehead atoms. The van der Waals surface area contributed by atoms with Crippen LogP contribution in [-0.2, 0) is 30.2 Å². The van der Waals surface area contributed by atoms with Gasteiger partial charge in [-0.15, -0.1) is 0 Å². The molecule has 0 amide bonds. The van der Waals surface area contributed by atoms with Crippen LogP contribution in [0.25, 0.3) is 5.57 Å². The van der Waals surface area contributed by atoms with Crippen molar-refractivity contribution in [3.63, 3.8) is 0 Å². The van der Waals surface area contributed by atoms with Crippen LogP contribution in [0.2, 0.25) is 0 Å². The number of aromatic nitrogens is 1. The van der Waals surface area contributed by atoms with Gasteiger partial charge in [-0.3, -0.25) is 0 Å². The summed E-state index contributed by atoms with van der Waals surface area (Å²) in [6.07, 6.45) is 9.38. The molecule has 2 aliphatic rings. The number of alkyl halides is 1. The third-order valence-electron chi connectivity index (χ3n) is 8.12. The van der Waals surface area contributed by atoms with E-state index in [-0.39, 0.29) is 18.3 Å². The quantitative estimate of drug-likeness (QED) is 0.225. The maximum absolute atomic E-state index is 13.0. The summed E-state index contributed by atoms with van der Waals surface area (Å²) in [5.74, 6) is -1.43. The molecule has 0 unspecified atom stereocenters. The minimum atomic E-state index is -1.88. The highest BCUT2D eigenvalue weighted by Crippen LogP contribution is 2.43. The van der Waals surface area contributed by atoms with E-state index in [1.807, 2.05) is 13.8 Å². The largest absolute Gasteiger partial charge is 0.479 e. The van der Waals surface area contributed by atoms with Gasteiger partial charge < -0.3 is 33.9 Å². The van der Waals surface area contributed by atoms with Crippen LogP contribution in [0.3, 0.4) is 0 Å². The summed E-state index contributed by atoms with van der Waals surface area (Å²) >= 11 is 3.73. The van der Waals surface area contributed by atoms with Gasteiger partial charge in [-0.25, -0.2) is 14.6 Å². The van der Waals surface area contributed by atoms with Crippen molar-refractivity contribution < 1.29 is 43.5 Å². The van der Waals surface area contributed by atoms with Crippen LogP contribution in [-0.4, -0.2) is 79.8 Å². The molecule has 42 heavy (non-hydrogen) atoms. The van der Waals surface area contributed by atoms with Crippen molar-refractivity contribution in [1.29, 1.82) is 0 Å². The lowest BCUT2D eigenvalue weighted by molar-refractivity contribution is -0.156. The molecule has 2 aliphatic heterocycles. The van der Waals surface area contributed by atoms with E-state index in [0.29, 0.717) is 30.8 Å². The number of hydrogen-bond acceptors (Lipinski definition) is 9. The van der Waals surface area contributed by atoms with Crippen molar-refractivity contribution in [3.8, 4) is 0 Å². The second kappa shape index (κ2) is 14.4. The predicted molar refractivity (Wildman–Crippen MR) is 160 cm³/mol. The molecule has 0 aromatic carbocycles. The number of halogens is 1. The number of carbonyl (C=O) groups is 2. The number of allylic oxidation sites excluding steroid dienone is 1. The summed E-state index contributed by atoms with van der Waals surface area (Å²) in [7, 11) is 1.61. The molecular formula is C31H44BrNO9. The number of oxazole rings is 1. The summed E-state index contributed by atoms with van der Waals surface area (Å²) in [6, 6.07) is 0. The molecule has 1 fully saturated rings. The summed E-state index contributed by atoms with van der Waals surface area (Å²) < 4.78 is 24.2. The number of carbonyl (C=O) groups excluding carboxylic acids is 1. The van der Waals surface area contributed by atoms with Gasteiger partial charge in [0, 0.05) is 31.9 Å². The van der Waals surface area contributed by atoms with Crippen molar-refractivity contribution in [2.45, 2.75) is 107 Å². The number of rotatable bonds is 6. The van der Waals surface area contributed by atoms with Gasteiger partial charge in [0.15, 0.2) is 11.5 Å². The number of ether oxygens (including phenoxy) is 3. The van der Waals surface area contributed by atoms with Crippen molar-refractivity contribution in [2.24, 2.45) is 11.8 Å². The molecule has 1 saturated heterocycles. The Kier molecular flexibility index (Phi) is 11.8. The first-order valence-corrected chi connectivity index (χ1v) is 15.2. The van der Waals surface area contributed by atoms with Gasteiger partial charge in [-0.05, 0) is 51.5 Å². The number of aryl methyl sites for hydroxylation is 1. The molecule has 0 spiro atoms. The Morgan fingerprint density at radius 3 is 2.69 bits per heavy atom. The Morgan fingerprint density at radius 2 is 2.02 bits per heavy atom. The molecular weight excluding hydrogens is 610 g/mol. The van der Waals surface area contributed by atoms with Gasteiger partial charge in [0.25, 0.3) is 0 Å². The van der Waals surface area contributed by atoms with E-state index < -0.39 is 52.4 Å². The van der Waals surface area contributed by atoms with Crippen LogP contribution in [0.1, 0.15) is 71.9 Å². The number of carboxylic acid groups (broad SMARTS) is 1. The van der Waals surface area contributed by atoms with Crippen molar-refractivity contribution in [1.82, 2.24) is 4.98 Å². The van der Waals surface area contributed by atoms with Crippen LogP contribution < -0.4 is 0 Å². The van der Waals surface area contributed by atoms with Gasteiger partial charge in [0.1, 0.15) is 24.2 Å². The lowest BCUT2D eigenvalue weighted by Crippen LogP contribution is -2.42. The number of aliphatic hydroxyl groups is 2. The summed E-state index contributed by atoms with van der Waals surface area (Å²) in [6.45, 7) is 8.90. The zero-order chi connectivity index (χ0) is 31.2. The molecule has 0 saturated carbocycles. The Bertz CT molecular complexity index is 1170. The maximum atomic E-state index is 13.0. The van der Waals surface area contributed by atoms with Crippen molar-refractivity contribution in [3.05, 3.63) is 48.2 Å². The Balaban J connectivity index is 1.88. The number of fused-ring (bicyclic) bond motifs is 3. The topological polar surface area (TPSA) is 149 Å². The smallest absolute Gasteiger partial charge is 0.335 e. The molecule has 0 radical (unpaired) electrons. The third kappa shape index (κ3) is 8.63. The fourth-order valence-corrected chi connectivity index (χ4v) is 5.82. The van der Waals surface area contributed by atoms with E-state index in [9.17, 15) is 24.9 Å². The van der Waals surface area contributed by atoms with Gasteiger partial charge in [0.05, 0.1) is 22.6 Å². The van der Waals surface area contributed by atoms with Crippen LogP contribution in [0.4, 0.5) is 0 Å². The first-order chi connectivity index (χ1) is 19.7. The normalized spacial score (nSPS) is 36.6. The van der Waals surface area contributed by atoms with E-state index >= 15 is 0 Å². The Labute approximate surface area is 255 Å². The number of hydrogen-bond donors (Lipinski definition) is 3. The standard InChI is InChI=1S/C31H44BrNO9/c1-18-9-11-24-33-21(17-40-24)20(3)16-22(34)19(2)10-12-25(35)41-27-26(23(15-18)39-6)42-31(5,28(27)32)14-8-7-13-30(4,38)29(36)37/h7-8,10,12,16-19,22-23,26-28,34,38H,9,11,13-15H2,1-6H3,(H,36,37)/b8-7-,12-10+,20-16+/t18-,19+,22+,23+,26-,27-,28+,30+,31-/m1/s1. The van der Waals surface area contributed by atoms with E-state index in [1.165, 1.54) is 13.0 Å². The lowest BCUT2D eigenvalue weighted by atomic mass is 9.91. The summed E-state index contributed by atoms with van der Waals surface area (Å²) in [5.41, 5.74) is -1.27. The summed E-state index contributed by atoms with van der Waals surface area (Å²) in [4.78, 5) is 28.4. The first kappa shape index (κ1) is 34.2. The second-order valence-electron chi connectivity index (χ2n) is 12.0. The number of aliphatic hydroxyl groups excluding tert-OH is 1. The first-order valence-electron chi connectivity index (χ1n) is 14.3. The second-order valence-corrected chi connectivity index (χ2v) is 13.0. The van der Waals surface area contributed by atoms with Gasteiger partial charge in [-0.1, -0.05) is 54.1 Å². The average molecular weight is 655 g/mol. The minimum absolute atomic E-state index is 0.0685. The number of nitrogens with zero attached hydrogens (tertiary/aromatic N) is 1. The molecule has 3 heterocycles.